The Morgan fingerprint density at radius 1 is 1.73 bits per heavy atom. The van der Waals surface area contributed by atoms with E-state index >= 15 is 0 Å². The molecule has 1 aromatic rings. The summed E-state index contributed by atoms with van der Waals surface area (Å²) >= 11 is 5.49. The Morgan fingerprint density at radius 3 is 3.00 bits per heavy atom. The molecule has 1 rings (SSSR count). The van der Waals surface area contributed by atoms with Gasteiger partial charge in [-0.3, -0.25) is 0 Å². The van der Waals surface area contributed by atoms with Gasteiger partial charge in [0.1, 0.15) is 5.69 Å². The Hall–Kier alpha value is -1.36. The zero-order chi connectivity index (χ0) is 8.27. The van der Waals surface area contributed by atoms with E-state index in [0.717, 1.165) is 0 Å². The van der Waals surface area contributed by atoms with Crippen molar-refractivity contribution in [1.82, 2.24) is 4.98 Å². The van der Waals surface area contributed by atoms with Gasteiger partial charge in [-0.1, -0.05) is 11.6 Å². The fourth-order valence-electron chi connectivity index (χ4n) is 0.568. The molecular weight excluding hydrogens is 170 g/mol. The van der Waals surface area contributed by atoms with Crippen molar-refractivity contribution in [3.8, 4) is 0 Å². The smallest absolute Gasteiger partial charge is 0.162 e. The lowest BCUT2D eigenvalue weighted by Crippen LogP contribution is -2.08. The largest absolute Gasteiger partial charge is 0.242 e. The molecule has 0 aromatic carbocycles. The van der Waals surface area contributed by atoms with E-state index in [1.165, 1.54) is 12.3 Å². The summed E-state index contributed by atoms with van der Waals surface area (Å²) in [5, 5.41) is 9.32. The SMILES string of the molecule is O=[N+]([O-])Nc1cccnc1Cl. The molecule has 0 atom stereocenters. The number of rotatable bonds is 2. The van der Waals surface area contributed by atoms with Crippen molar-refractivity contribution in [2.75, 3.05) is 5.43 Å². The van der Waals surface area contributed by atoms with Gasteiger partial charge in [-0.25, -0.2) is 15.1 Å². The van der Waals surface area contributed by atoms with Crippen molar-refractivity contribution >= 4 is 17.3 Å². The summed E-state index contributed by atoms with van der Waals surface area (Å²) in [6, 6.07) is 3.02. The highest BCUT2D eigenvalue weighted by atomic mass is 35.5. The van der Waals surface area contributed by atoms with E-state index in [9.17, 15) is 10.1 Å². The maximum atomic E-state index is 9.93. The Morgan fingerprint density at radius 2 is 2.45 bits per heavy atom. The molecular formula is C5H4ClN3O2. The summed E-state index contributed by atoms with van der Waals surface area (Å²) in [6.07, 6.45) is 1.45. The molecule has 0 aliphatic carbocycles. The van der Waals surface area contributed by atoms with Crippen LogP contribution in [0.1, 0.15) is 0 Å². The molecule has 0 saturated carbocycles. The van der Waals surface area contributed by atoms with Crippen LogP contribution in [0.5, 0.6) is 0 Å². The van der Waals surface area contributed by atoms with Crippen molar-refractivity contribution in [3.05, 3.63) is 33.6 Å². The Labute approximate surface area is 67.1 Å². The average molecular weight is 174 g/mol. The first-order chi connectivity index (χ1) is 5.20. The first-order valence-corrected chi connectivity index (χ1v) is 3.09. The fraction of sp³-hybridized carbons (Fsp3) is 0. The number of hydrogen-bond donors (Lipinski definition) is 1. The van der Waals surface area contributed by atoms with Crippen LogP contribution in [0.25, 0.3) is 0 Å². The molecule has 0 aliphatic heterocycles. The number of halogens is 1. The summed E-state index contributed by atoms with van der Waals surface area (Å²) in [7, 11) is 0. The van der Waals surface area contributed by atoms with Crippen molar-refractivity contribution in [1.29, 1.82) is 0 Å². The topological polar surface area (TPSA) is 68.1 Å². The van der Waals surface area contributed by atoms with Crippen LogP contribution in [-0.4, -0.2) is 10.0 Å². The molecule has 0 bridgehead atoms. The predicted octanol–water partition coefficient (Wildman–Crippen LogP) is 1.34. The molecule has 1 N–H and O–H groups in total. The van der Waals surface area contributed by atoms with Gasteiger partial charge in [-0.15, -0.1) is 5.43 Å². The Bertz CT molecular complexity index is 278. The van der Waals surface area contributed by atoms with Crippen molar-refractivity contribution in [2.24, 2.45) is 0 Å². The molecule has 0 aliphatic rings. The van der Waals surface area contributed by atoms with Crippen LogP contribution in [-0.2, 0) is 0 Å². The van der Waals surface area contributed by atoms with Gasteiger partial charge in [-0.2, -0.15) is 0 Å². The van der Waals surface area contributed by atoms with Crippen LogP contribution in [0, 0.1) is 10.1 Å². The maximum absolute atomic E-state index is 9.93. The van der Waals surface area contributed by atoms with Crippen LogP contribution in [0.2, 0.25) is 5.15 Å². The number of pyridine rings is 1. The zero-order valence-corrected chi connectivity index (χ0v) is 6.08. The highest BCUT2D eigenvalue weighted by molar-refractivity contribution is 6.31. The number of hydrogen-bond acceptors (Lipinski definition) is 3. The number of anilines is 1. The van der Waals surface area contributed by atoms with E-state index in [1.807, 2.05) is 5.43 Å². The van der Waals surface area contributed by atoms with E-state index in [-0.39, 0.29) is 10.8 Å². The van der Waals surface area contributed by atoms with Gasteiger partial charge in [0.2, 0.25) is 0 Å². The molecule has 0 amide bonds. The molecule has 0 spiro atoms. The van der Waals surface area contributed by atoms with E-state index in [0.29, 0.717) is 0 Å². The van der Waals surface area contributed by atoms with Gasteiger partial charge in [0.25, 0.3) is 0 Å². The van der Waals surface area contributed by atoms with Crippen LogP contribution < -0.4 is 5.43 Å². The second-order valence-corrected chi connectivity index (χ2v) is 2.07. The van der Waals surface area contributed by atoms with E-state index in [2.05, 4.69) is 4.98 Å². The number of hydrazine groups is 1. The highest BCUT2D eigenvalue weighted by Crippen LogP contribution is 2.16. The summed E-state index contributed by atoms with van der Waals surface area (Å²) in [6.45, 7) is 0. The lowest BCUT2D eigenvalue weighted by molar-refractivity contribution is -0.445. The third-order valence-electron chi connectivity index (χ3n) is 0.971. The van der Waals surface area contributed by atoms with Crippen molar-refractivity contribution in [2.45, 2.75) is 0 Å². The predicted molar refractivity (Wildman–Crippen MR) is 39.9 cm³/mol. The lowest BCUT2D eigenvalue weighted by atomic mass is 10.4. The molecule has 0 radical (unpaired) electrons. The van der Waals surface area contributed by atoms with E-state index in [1.54, 1.807) is 6.07 Å². The number of aromatic nitrogens is 1. The van der Waals surface area contributed by atoms with Crippen molar-refractivity contribution in [3.63, 3.8) is 0 Å². The van der Waals surface area contributed by atoms with Gasteiger partial charge in [0.05, 0.1) is 0 Å². The van der Waals surface area contributed by atoms with Crippen LogP contribution in [0.4, 0.5) is 5.69 Å². The first kappa shape index (κ1) is 7.74. The first-order valence-electron chi connectivity index (χ1n) is 2.71. The van der Waals surface area contributed by atoms with Crippen LogP contribution >= 0.6 is 11.6 Å². The third-order valence-corrected chi connectivity index (χ3v) is 1.27. The maximum Gasteiger partial charge on any atom is 0.162 e. The number of nitro groups is 1. The second kappa shape index (κ2) is 3.16. The molecule has 6 heteroatoms. The lowest BCUT2D eigenvalue weighted by Gasteiger charge is -1.96. The normalized spacial score (nSPS) is 9.18. The summed E-state index contributed by atoms with van der Waals surface area (Å²) in [4.78, 5) is 13.6. The standard InChI is InChI=1S/C5H4ClN3O2/c6-5-4(8-9(10)11)2-1-3-7-5/h1-3,8H. The fourth-order valence-corrected chi connectivity index (χ4v) is 0.729. The van der Waals surface area contributed by atoms with E-state index < -0.39 is 5.03 Å². The van der Waals surface area contributed by atoms with Gasteiger partial charge in [0, 0.05) is 6.20 Å². The van der Waals surface area contributed by atoms with E-state index in [4.69, 9.17) is 11.6 Å². The average Bonchev–Trinajstić information content (AvgIpc) is 1.93. The van der Waals surface area contributed by atoms with Gasteiger partial charge < -0.3 is 0 Å². The molecule has 0 saturated heterocycles. The quantitative estimate of drug-likeness (QED) is 0.416. The number of nitrogens with zero attached hydrogens (tertiary/aromatic N) is 2. The molecule has 0 fully saturated rings. The molecule has 5 nitrogen and oxygen atoms in total. The minimum Gasteiger partial charge on any atom is -0.242 e. The summed E-state index contributed by atoms with van der Waals surface area (Å²) < 4.78 is 0. The third kappa shape index (κ3) is 2.05. The highest BCUT2D eigenvalue weighted by Gasteiger charge is 2.03. The second-order valence-electron chi connectivity index (χ2n) is 1.71. The minimum atomic E-state index is -0.692. The van der Waals surface area contributed by atoms with Crippen molar-refractivity contribution < 1.29 is 5.03 Å². The van der Waals surface area contributed by atoms with Gasteiger partial charge in [0.15, 0.2) is 10.2 Å². The molecule has 58 valence electrons. The summed E-state index contributed by atoms with van der Waals surface area (Å²) in [5.74, 6) is 0. The molecule has 0 unspecified atom stereocenters. The van der Waals surface area contributed by atoms with Crippen LogP contribution in [0.3, 0.4) is 0 Å². The Kier molecular flexibility index (Phi) is 2.22. The Balaban J connectivity index is 2.86. The number of nitrogens with one attached hydrogen (secondary N) is 1. The van der Waals surface area contributed by atoms with Gasteiger partial charge >= 0.3 is 0 Å². The monoisotopic (exact) mass is 173 g/mol. The van der Waals surface area contributed by atoms with Crippen LogP contribution in [0.15, 0.2) is 18.3 Å². The summed E-state index contributed by atoms with van der Waals surface area (Å²) in [5.41, 5.74) is 2.09. The molecule has 11 heavy (non-hydrogen) atoms. The molecule has 1 aromatic heterocycles. The minimum absolute atomic E-state index is 0.0872. The molecule has 1 heterocycles. The zero-order valence-electron chi connectivity index (χ0n) is 5.32. The van der Waals surface area contributed by atoms with Gasteiger partial charge in [-0.05, 0) is 12.1 Å².